The van der Waals surface area contributed by atoms with Crippen molar-refractivity contribution in [1.29, 1.82) is 0 Å². The summed E-state index contributed by atoms with van der Waals surface area (Å²) in [5.74, 6) is 0.486. The lowest BCUT2D eigenvalue weighted by Gasteiger charge is -2.25. The number of hydrogen-bond donors (Lipinski definition) is 2. The van der Waals surface area contributed by atoms with Crippen molar-refractivity contribution < 1.29 is 19.4 Å². The van der Waals surface area contributed by atoms with Gasteiger partial charge in [-0.2, -0.15) is 0 Å². The van der Waals surface area contributed by atoms with Crippen LogP contribution < -0.4 is 4.74 Å². The van der Waals surface area contributed by atoms with E-state index in [4.69, 9.17) is 4.74 Å². The van der Waals surface area contributed by atoms with E-state index in [1.54, 1.807) is 13.3 Å². The lowest BCUT2D eigenvalue weighted by molar-refractivity contribution is -0.123. The number of fused-ring (bicyclic) bond motifs is 1. The van der Waals surface area contributed by atoms with Gasteiger partial charge in [-0.3, -0.25) is 14.5 Å². The van der Waals surface area contributed by atoms with Gasteiger partial charge in [0.2, 0.25) is 0 Å². The fraction of sp³-hybridized carbons (Fsp3) is 0.333. The zero-order valence-electron chi connectivity index (χ0n) is 17.7. The van der Waals surface area contributed by atoms with Crippen LogP contribution in [0.5, 0.6) is 5.75 Å². The molecule has 2 atom stereocenters. The van der Waals surface area contributed by atoms with Gasteiger partial charge in [0.1, 0.15) is 5.75 Å². The molecule has 1 aromatic heterocycles. The average molecular weight is 421 g/mol. The van der Waals surface area contributed by atoms with Crippen LogP contribution in [0.4, 0.5) is 0 Å². The molecule has 1 fully saturated rings. The number of hydrogen-bond acceptors (Lipinski definition) is 5. The number of aliphatic hydroxyl groups is 1. The topological polar surface area (TPSA) is 85.9 Å². The summed E-state index contributed by atoms with van der Waals surface area (Å²) in [4.78, 5) is 32.8. The van der Waals surface area contributed by atoms with E-state index in [0.717, 1.165) is 22.2 Å². The summed E-state index contributed by atoms with van der Waals surface area (Å²) in [6, 6.07) is 14.6. The van der Waals surface area contributed by atoms with Crippen LogP contribution in [0.15, 0.2) is 54.7 Å². The molecule has 162 valence electrons. The summed E-state index contributed by atoms with van der Waals surface area (Å²) in [6.45, 7) is 0.958. The lowest BCUT2D eigenvalue weighted by atomic mass is 10.1. The minimum absolute atomic E-state index is 0.0687. The van der Waals surface area contributed by atoms with Crippen molar-refractivity contribution in [2.75, 3.05) is 27.2 Å². The number of amides is 1. The molecule has 31 heavy (non-hydrogen) atoms. The molecule has 1 saturated heterocycles. The average Bonchev–Trinajstić information content (AvgIpc) is 3.37. The maximum Gasteiger partial charge on any atom is 0.256 e. The van der Waals surface area contributed by atoms with E-state index in [1.807, 2.05) is 60.5 Å². The number of nitrogens with one attached hydrogen (secondary N) is 1. The number of carbonyl (C=O) groups is 2. The number of ketones is 1. The van der Waals surface area contributed by atoms with Crippen LogP contribution >= 0.6 is 0 Å². The van der Waals surface area contributed by atoms with E-state index in [-0.39, 0.29) is 31.2 Å². The second-order valence-electron chi connectivity index (χ2n) is 8.10. The van der Waals surface area contributed by atoms with E-state index in [2.05, 4.69) is 4.98 Å². The van der Waals surface area contributed by atoms with E-state index in [9.17, 15) is 14.7 Å². The van der Waals surface area contributed by atoms with Crippen LogP contribution in [-0.4, -0.2) is 71.0 Å². The Bertz CT molecular complexity index is 1080. The zero-order chi connectivity index (χ0) is 22.0. The van der Waals surface area contributed by atoms with Crippen LogP contribution in [0.2, 0.25) is 0 Å². The van der Waals surface area contributed by atoms with Crippen molar-refractivity contribution in [3.05, 3.63) is 65.9 Å². The molecule has 7 nitrogen and oxygen atoms in total. The Hall–Kier alpha value is -3.16. The molecule has 3 aromatic rings. The van der Waals surface area contributed by atoms with Crippen molar-refractivity contribution in [3.63, 3.8) is 0 Å². The number of methoxy groups -OCH3 is 1. The standard InChI is InChI=1S/C24H27N3O4/c1-26(13-16-7-9-18(31-2)10-8-16)15-23(29)22-11-17(28)14-27(22)24(30)20-12-25-21-6-4-3-5-19(20)21/h3-10,12,17,22,25,28H,11,13-15H2,1-2H3. The Morgan fingerprint density at radius 1 is 1.19 bits per heavy atom. The maximum absolute atomic E-state index is 13.2. The highest BCUT2D eigenvalue weighted by Crippen LogP contribution is 2.25. The summed E-state index contributed by atoms with van der Waals surface area (Å²) in [5.41, 5.74) is 2.45. The quantitative estimate of drug-likeness (QED) is 0.612. The second kappa shape index (κ2) is 8.91. The smallest absolute Gasteiger partial charge is 0.256 e. The van der Waals surface area contributed by atoms with Crippen molar-refractivity contribution in [1.82, 2.24) is 14.8 Å². The molecule has 0 saturated carbocycles. The van der Waals surface area contributed by atoms with Gasteiger partial charge in [0.25, 0.3) is 5.91 Å². The van der Waals surface area contributed by atoms with Gasteiger partial charge in [-0.25, -0.2) is 0 Å². The molecule has 0 aliphatic carbocycles. The Morgan fingerprint density at radius 3 is 2.68 bits per heavy atom. The molecule has 0 radical (unpaired) electrons. The number of β-amino-alcohol motifs (C(OH)–C–C–N with tert-alkyl or cyclic N) is 1. The first-order valence-corrected chi connectivity index (χ1v) is 10.4. The van der Waals surface area contributed by atoms with Gasteiger partial charge in [0.05, 0.1) is 31.4 Å². The van der Waals surface area contributed by atoms with Crippen molar-refractivity contribution >= 4 is 22.6 Å². The molecule has 2 unspecified atom stereocenters. The predicted molar refractivity (Wildman–Crippen MR) is 118 cm³/mol. The third kappa shape index (κ3) is 4.47. The van der Waals surface area contributed by atoms with Gasteiger partial charge in [0.15, 0.2) is 5.78 Å². The Labute approximate surface area is 181 Å². The minimum atomic E-state index is -0.699. The van der Waals surface area contributed by atoms with E-state index in [1.165, 1.54) is 4.90 Å². The summed E-state index contributed by atoms with van der Waals surface area (Å²) in [5, 5.41) is 11.0. The number of rotatable bonds is 7. The van der Waals surface area contributed by atoms with E-state index < -0.39 is 12.1 Å². The number of aromatic nitrogens is 1. The number of likely N-dealkylation sites (tertiary alicyclic amines) is 1. The SMILES string of the molecule is COc1ccc(CN(C)CC(=O)C2CC(O)CN2C(=O)c2c[nH]c3ccccc23)cc1. The number of likely N-dealkylation sites (N-methyl/N-ethyl adjacent to an activating group) is 1. The molecular formula is C24H27N3O4. The molecule has 2 heterocycles. The van der Waals surface area contributed by atoms with E-state index in [0.29, 0.717) is 12.1 Å². The van der Waals surface area contributed by atoms with Crippen LogP contribution in [0.25, 0.3) is 10.9 Å². The number of Topliss-reactive ketones (excluding diaryl/α,β-unsaturated/α-hetero) is 1. The summed E-state index contributed by atoms with van der Waals surface area (Å²) < 4.78 is 5.18. The fourth-order valence-electron chi connectivity index (χ4n) is 4.22. The Kier molecular flexibility index (Phi) is 6.06. The summed E-state index contributed by atoms with van der Waals surface area (Å²) in [6.07, 6.45) is 1.24. The normalized spacial score (nSPS) is 18.6. The summed E-state index contributed by atoms with van der Waals surface area (Å²) >= 11 is 0. The van der Waals surface area contributed by atoms with Crippen LogP contribution in [0.1, 0.15) is 22.3 Å². The first kappa shape index (κ1) is 21.1. The number of aliphatic hydroxyl groups excluding tert-OH is 1. The fourth-order valence-corrected chi connectivity index (χ4v) is 4.22. The highest BCUT2D eigenvalue weighted by atomic mass is 16.5. The number of aromatic amines is 1. The third-order valence-corrected chi connectivity index (χ3v) is 5.77. The molecule has 2 N–H and O–H groups in total. The van der Waals surface area contributed by atoms with Gasteiger partial charge in [0, 0.05) is 36.6 Å². The minimum Gasteiger partial charge on any atom is -0.497 e. The largest absolute Gasteiger partial charge is 0.497 e. The molecule has 2 aromatic carbocycles. The molecule has 1 amide bonds. The van der Waals surface area contributed by atoms with Crippen molar-refractivity contribution in [3.8, 4) is 5.75 Å². The molecule has 4 rings (SSSR count). The van der Waals surface area contributed by atoms with Gasteiger partial charge < -0.3 is 19.7 Å². The van der Waals surface area contributed by atoms with Crippen molar-refractivity contribution in [2.24, 2.45) is 0 Å². The Morgan fingerprint density at radius 2 is 1.94 bits per heavy atom. The van der Waals surface area contributed by atoms with Crippen molar-refractivity contribution in [2.45, 2.75) is 25.1 Å². The monoisotopic (exact) mass is 421 g/mol. The van der Waals surface area contributed by atoms with Gasteiger partial charge in [-0.15, -0.1) is 0 Å². The maximum atomic E-state index is 13.2. The predicted octanol–water partition coefficient (Wildman–Crippen LogP) is 2.45. The number of nitrogens with zero attached hydrogens (tertiary/aromatic N) is 2. The van der Waals surface area contributed by atoms with Gasteiger partial charge >= 0.3 is 0 Å². The molecule has 1 aliphatic rings. The number of para-hydroxylation sites is 1. The number of benzene rings is 2. The van der Waals surface area contributed by atoms with Crippen LogP contribution in [0, 0.1) is 0 Å². The van der Waals surface area contributed by atoms with Gasteiger partial charge in [-0.1, -0.05) is 30.3 Å². The highest BCUT2D eigenvalue weighted by molar-refractivity contribution is 6.08. The lowest BCUT2D eigenvalue weighted by Crippen LogP contribution is -2.44. The number of carbonyl (C=O) groups excluding carboxylic acids is 2. The summed E-state index contributed by atoms with van der Waals surface area (Å²) in [7, 11) is 3.50. The number of H-pyrrole nitrogens is 1. The second-order valence-corrected chi connectivity index (χ2v) is 8.10. The zero-order valence-corrected chi connectivity index (χ0v) is 17.7. The molecule has 1 aliphatic heterocycles. The van der Waals surface area contributed by atoms with Crippen LogP contribution in [-0.2, 0) is 11.3 Å². The Balaban J connectivity index is 1.45. The highest BCUT2D eigenvalue weighted by Gasteiger charge is 2.39. The van der Waals surface area contributed by atoms with Gasteiger partial charge in [-0.05, 0) is 30.8 Å². The molecule has 7 heteroatoms. The molecular weight excluding hydrogens is 394 g/mol. The van der Waals surface area contributed by atoms with Crippen LogP contribution in [0.3, 0.4) is 0 Å². The number of ether oxygens (including phenoxy) is 1. The molecule has 0 spiro atoms. The van der Waals surface area contributed by atoms with E-state index >= 15 is 0 Å². The first-order valence-electron chi connectivity index (χ1n) is 10.4. The molecule has 0 bridgehead atoms. The first-order chi connectivity index (χ1) is 15.0. The third-order valence-electron chi connectivity index (χ3n) is 5.77.